The van der Waals surface area contributed by atoms with Crippen LogP contribution in [0.2, 0.25) is 0 Å². The van der Waals surface area contributed by atoms with E-state index in [1.54, 1.807) is 4.90 Å². The number of nitrogens with zero attached hydrogens (tertiary/aromatic N) is 1. The normalized spacial score (nSPS) is 22.4. The first-order chi connectivity index (χ1) is 10.6. The van der Waals surface area contributed by atoms with Gasteiger partial charge in [-0.15, -0.1) is 0 Å². The summed E-state index contributed by atoms with van der Waals surface area (Å²) in [6.45, 7) is 2.41. The number of carbonyl (C=O) groups is 3. The predicted molar refractivity (Wildman–Crippen MR) is 83.1 cm³/mol. The van der Waals surface area contributed by atoms with E-state index in [1.807, 2.05) is 0 Å². The maximum atomic E-state index is 12.4. The van der Waals surface area contributed by atoms with Crippen molar-refractivity contribution in [2.75, 3.05) is 13.1 Å². The Kier molecular flexibility index (Phi) is 6.21. The lowest BCUT2D eigenvalue weighted by Gasteiger charge is -2.28. The highest BCUT2D eigenvalue weighted by atomic mass is 16.2. The number of hydrogen-bond donors (Lipinski definition) is 2. The van der Waals surface area contributed by atoms with Crippen LogP contribution >= 0.6 is 0 Å². The van der Waals surface area contributed by atoms with Crippen LogP contribution in [0.3, 0.4) is 0 Å². The number of amides is 3. The zero-order valence-electron chi connectivity index (χ0n) is 13.4. The molecule has 2 N–H and O–H groups in total. The summed E-state index contributed by atoms with van der Waals surface area (Å²) in [7, 11) is 0. The highest BCUT2D eigenvalue weighted by Crippen LogP contribution is 2.21. The Bertz CT molecular complexity index is 419. The van der Waals surface area contributed by atoms with E-state index in [9.17, 15) is 14.4 Å². The number of nitrogens with one attached hydrogen (secondary N) is 2. The molecule has 1 aliphatic carbocycles. The molecule has 1 aliphatic heterocycles. The molecule has 0 radical (unpaired) electrons. The van der Waals surface area contributed by atoms with Gasteiger partial charge >= 0.3 is 0 Å². The van der Waals surface area contributed by atoms with Gasteiger partial charge in [-0.05, 0) is 25.7 Å². The summed E-state index contributed by atoms with van der Waals surface area (Å²) >= 11 is 0. The zero-order valence-corrected chi connectivity index (χ0v) is 13.4. The average Bonchev–Trinajstić information content (AvgIpc) is 2.97. The first-order valence-electron chi connectivity index (χ1n) is 8.42. The fourth-order valence-electron chi connectivity index (χ4n) is 3.37. The van der Waals surface area contributed by atoms with Crippen LogP contribution in [0.25, 0.3) is 0 Å². The molecule has 1 saturated carbocycles. The third-order valence-electron chi connectivity index (χ3n) is 4.54. The summed E-state index contributed by atoms with van der Waals surface area (Å²) < 4.78 is 0. The van der Waals surface area contributed by atoms with Crippen molar-refractivity contribution in [1.29, 1.82) is 0 Å². The minimum Gasteiger partial charge on any atom is -0.356 e. The van der Waals surface area contributed by atoms with Gasteiger partial charge in [-0.3, -0.25) is 14.4 Å². The molecule has 3 amide bonds. The molecule has 0 spiro atoms. The van der Waals surface area contributed by atoms with Crippen LogP contribution in [0.1, 0.15) is 58.3 Å². The Balaban J connectivity index is 1.82. The van der Waals surface area contributed by atoms with Crippen molar-refractivity contribution in [2.45, 2.75) is 70.4 Å². The lowest BCUT2D eigenvalue weighted by Crippen LogP contribution is -2.49. The summed E-state index contributed by atoms with van der Waals surface area (Å²) in [5.41, 5.74) is 0. The monoisotopic (exact) mass is 309 g/mol. The Morgan fingerprint density at radius 1 is 1.05 bits per heavy atom. The predicted octanol–water partition coefficient (Wildman–Crippen LogP) is 0.952. The fraction of sp³-hybridized carbons (Fsp3) is 0.812. The van der Waals surface area contributed by atoms with Crippen molar-refractivity contribution in [2.24, 2.45) is 0 Å². The average molecular weight is 309 g/mol. The van der Waals surface area contributed by atoms with Gasteiger partial charge in [0.2, 0.25) is 17.7 Å². The lowest BCUT2D eigenvalue weighted by atomic mass is 9.95. The molecule has 2 fully saturated rings. The molecule has 124 valence electrons. The molecule has 22 heavy (non-hydrogen) atoms. The molecule has 1 saturated heterocycles. The Morgan fingerprint density at radius 2 is 1.77 bits per heavy atom. The number of hydrogen-bond acceptors (Lipinski definition) is 3. The van der Waals surface area contributed by atoms with Crippen LogP contribution in [0, 0.1) is 0 Å². The summed E-state index contributed by atoms with van der Waals surface area (Å²) in [4.78, 5) is 37.2. The minimum absolute atomic E-state index is 0.00252. The minimum atomic E-state index is -0.327. The fourth-order valence-corrected chi connectivity index (χ4v) is 3.37. The second-order valence-electron chi connectivity index (χ2n) is 6.32. The van der Waals surface area contributed by atoms with Crippen LogP contribution in [0.5, 0.6) is 0 Å². The molecule has 0 aromatic rings. The molecule has 1 atom stereocenters. The summed E-state index contributed by atoms with van der Waals surface area (Å²) in [5.74, 6) is -0.187. The SMILES string of the molecule is CC(=O)NCCC(=O)N1CCC[C@H]1C(=O)NC1CCCCC1. The zero-order chi connectivity index (χ0) is 15.9. The molecule has 0 aromatic carbocycles. The maximum Gasteiger partial charge on any atom is 0.243 e. The first kappa shape index (κ1) is 16.8. The quantitative estimate of drug-likeness (QED) is 0.794. The van der Waals surface area contributed by atoms with E-state index in [4.69, 9.17) is 0 Å². The number of rotatable bonds is 5. The van der Waals surface area contributed by atoms with Crippen LogP contribution in [-0.2, 0) is 14.4 Å². The van der Waals surface area contributed by atoms with Gasteiger partial charge < -0.3 is 15.5 Å². The van der Waals surface area contributed by atoms with Crippen LogP contribution in [0.15, 0.2) is 0 Å². The van der Waals surface area contributed by atoms with Gasteiger partial charge in [-0.25, -0.2) is 0 Å². The third-order valence-corrected chi connectivity index (χ3v) is 4.54. The van der Waals surface area contributed by atoms with Crippen molar-refractivity contribution in [3.05, 3.63) is 0 Å². The second-order valence-corrected chi connectivity index (χ2v) is 6.32. The molecule has 2 rings (SSSR count). The molecule has 1 heterocycles. The van der Waals surface area contributed by atoms with Gasteiger partial charge in [0.15, 0.2) is 0 Å². The molecule has 2 aliphatic rings. The third kappa shape index (κ3) is 4.71. The van der Waals surface area contributed by atoms with E-state index in [0.29, 0.717) is 13.1 Å². The number of carbonyl (C=O) groups excluding carboxylic acids is 3. The Hall–Kier alpha value is -1.59. The van der Waals surface area contributed by atoms with Crippen molar-refractivity contribution in [1.82, 2.24) is 15.5 Å². The van der Waals surface area contributed by atoms with Gasteiger partial charge in [0, 0.05) is 32.5 Å². The first-order valence-corrected chi connectivity index (χ1v) is 8.42. The lowest BCUT2D eigenvalue weighted by molar-refractivity contribution is -0.138. The van der Waals surface area contributed by atoms with Gasteiger partial charge in [-0.1, -0.05) is 19.3 Å². The van der Waals surface area contributed by atoms with Gasteiger partial charge in [0.1, 0.15) is 6.04 Å². The van der Waals surface area contributed by atoms with Crippen LogP contribution < -0.4 is 10.6 Å². The van der Waals surface area contributed by atoms with Gasteiger partial charge in [0.05, 0.1) is 0 Å². The Labute approximate surface area is 132 Å². The molecule has 6 heteroatoms. The maximum absolute atomic E-state index is 12.4. The topological polar surface area (TPSA) is 78.5 Å². The molecule has 0 unspecified atom stereocenters. The largest absolute Gasteiger partial charge is 0.356 e. The van der Waals surface area contributed by atoms with E-state index in [2.05, 4.69) is 10.6 Å². The van der Waals surface area contributed by atoms with Crippen molar-refractivity contribution in [3.63, 3.8) is 0 Å². The van der Waals surface area contributed by atoms with Gasteiger partial charge in [0.25, 0.3) is 0 Å². The molecular formula is C16H27N3O3. The smallest absolute Gasteiger partial charge is 0.243 e. The standard InChI is InChI=1S/C16H27N3O3/c1-12(20)17-10-9-15(21)19-11-5-8-14(19)16(22)18-13-6-3-2-4-7-13/h13-14H,2-11H2,1H3,(H,17,20)(H,18,22)/t14-/m0/s1. The van der Waals surface area contributed by atoms with E-state index >= 15 is 0 Å². The van der Waals surface area contributed by atoms with Crippen LogP contribution in [0.4, 0.5) is 0 Å². The van der Waals surface area contributed by atoms with E-state index in [1.165, 1.54) is 26.2 Å². The number of likely N-dealkylation sites (tertiary alicyclic amines) is 1. The van der Waals surface area contributed by atoms with Crippen molar-refractivity contribution >= 4 is 17.7 Å². The molecule has 0 aromatic heterocycles. The van der Waals surface area contributed by atoms with E-state index < -0.39 is 0 Å². The highest BCUT2D eigenvalue weighted by Gasteiger charge is 2.34. The second kappa shape index (κ2) is 8.15. The van der Waals surface area contributed by atoms with E-state index in [0.717, 1.165) is 25.7 Å². The molecule has 6 nitrogen and oxygen atoms in total. The van der Waals surface area contributed by atoms with E-state index in [-0.39, 0.29) is 36.2 Å². The van der Waals surface area contributed by atoms with Crippen molar-refractivity contribution in [3.8, 4) is 0 Å². The molecule has 0 bridgehead atoms. The van der Waals surface area contributed by atoms with Crippen LogP contribution in [-0.4, -0.2) is 47.8 Å². The Morgan fingerprint density at radius 3 is 2.45 bits per heavy atom. The highest BCUT2D eigenvalue weighted by molar-refractivity contribution is 5.88. The summed E-state index contributed by atoms with van der Waals surface area (Å²) in [6.07, 6.45) is 7.57. The van der Waals surface area contributed by atoms with Gasteiger partial charge in [-0.2, -0.15) is 0 Å². The molecular weight excluding hydrogens is 282 g/mol. The summed E-state index contributed by atoms with van der Waals surface area (Å²) in [5, 5.41) is 5.74. The summed E-state index contributed by atoms with van der Waals surface area (Å²) in [6, 6.07) is -0.0510. The van der Waals surface area contributed by atoms with Crippen molar-refractivity contribution < 1.29 is 14.4 Å².